The van der Waals surface area contributed by atoms with Gasteiger partial charge in [0.15, 0.2) is 0 Å². The van der Waals surface area contributed by atoms with E-state index >= 15 is 0 Å². The van der Waals surface area contributed by atoms with Crippen LogP contribution >= 0.6 is 0 Å². The molecule has 0 fully saturated rings. The molecule has 0 heterocycles. The Hall–Kier alpha value is -1.50. The summed E-state index contributed by atoms with van der Waals surface area (Å²) in [6.45, 7) is 3.35. The first-order valence-electron chi connectivity index (χ1n) is 3.38. The van der Waals surface area contributed by atoms with Gasteiger partial charge < -0.3 is 0 Å². The van der Waals surface area contributed by atoms with E-state index in [1.807, 2.05) is 0 Å². The molecule has 0 atom stereocenters. The van der Waals surface area contributed by atoms with Crippen LogP contribution in [0.2, 0.25) is 0 Å². The maximum absolute atomic E-state index is 12.1. The molecule has 0 aliphatic heterocycles. The van der Waals surface area contributed by atoms with Crippen molar-refractivity contribution in [1.82, 2.24) is 0 Å². The summed E-state index contributed by atoms with van der Waals surface area (Å²) in [5.74, 6) is 0. The topological polar surface area (TPSA) is 23.8 Å². The molecule has 0 aliphatic rings. The minimum atomic E-state index is -4.42. The van der Waals surface area contributed by atoms with Gasteiger partial charge in [-0.15, -0.1) is 0 Å². The van der Waals surface area contributed by atoms with E-state index in [1.165, 1.54) is 6.07 Å². The molecule has 67 valence electrons. The fourth-order valence-electron chi connectivity index (χ4n) is 0.920. The molecule has 0 aromatic heterocycles. The van der Waals surface area contributed by atoms with Gasteiger partial charge in [-0.3, -0.25) is 0 Å². The number of halogens is 3. The molecule has 1 aromatic carbocycles. The zero-order chi connectivity index (χ0) is 10.1. The summed E-state index contributed by atoms with van der Waals surface area (Å²) in [7, 11) is 0. The van der Waals surface area contributed by atoms with Crippen LogP contribution < -0.4 is 0 Å². The second kappa shape index (κ2) is 3.09. The minimum absolute atomic E-state index is 0.0279. The Bertz CT molecular complexity index is 360. The number of benzene rings is 1. The van der Waals surface area contributed by atoms with Crippen LogP contribution in [0.25, 0.3) is 0 Å². The van der Waals surface area contributed by atoms with Gasteiger partial charge in [-0.05, 0) is 30.7 Å². The molecule has 1 radical (unpaired) electrons. The van der Waals surface area contributed by atoms with Crippen LogP contribution in [0, 0.1) is 18.3 Å². The van der Waals surface area contributed by atoms with E-state index in [-0.39, 0.29) is 11.1 Å². The Morgan fingerprint density at radius 1 is 1.23 bits per heavy atom. The zero-order valence-corrected chi connectivity index (χ0v) is 6.52. The standard InChI is InChI=1S/C9H5F3N/c1-6-2-7(5-13)4-8(3-6)9(10,11)12/h2-4H,1H2. The summed E-state index contributed by atoms with van der Waals surface area (Å²) >= 11 is 0. The largest absolute Gasteiger partial charge is 0.416 e. The molecule has 0 amide bonds. The third-order valence-corrected chi connectivity index (χ3v) is 1.45. The van der Waals surface area contributed by atoms with Crippen LogP contribution in [0.4, 0.5) is 13.2 Å². The van der Waals surface area contributed by atoms with Gasteiger partial charge in [0, 0.05) is 0 Å². The van der Waals surface area contributed by atoms with Gasteiger partial charge in [0.25, 0.3) is 0 Å². The Morgan fingerprint density at radius 2 is 1.85 bits per heavy atom. The molecule has 1 nitrogen and oxygen atoms in total. The van der Waals surface area contributed by atoms with E-state index in [4.69, 9.17) is 5.26 Å². The monoisotopic (exact) mass is 184 g/mol. The van der Waals surface area contributed by atoms with E-state index in [9.17, 15) is 13.2 Å². The van der Waals surface area contributed by atoms with Crippen molar-refractivity contribution in [1.29, 1.82) is 5.26 Å². The summed E-state index contributed by atoms with van der Waals surface area (Å²) in [5, 5.41) is 8.41. The molecule has 1 rings (SSSR count). The predicted molar refractivity (Wildman–Crippen MR) is 40.6 cm³/mol. The molecule has 4 heteroatoms. The predicted octanol–water partition coefficient (Wildman–Crippen LogP) is 2.76. The van der Waals surface area contributed by atoms with E-state index in [0.29, 0.717) is 0 Å². The molecule has 13 heavy (non-hydrogen) atoms. The summed E-state index contributed by atoms with van der Waals surface area (Å²) in [6, 6.07) is 4.64. The van der Waals surface area contributed by atoms with E-state index in [1.54, 1.807) is 6.07 Å². The highest BCUT2D eigenvalue weighted by Gasteiger charge is 2.30. The quantitative estimate of drug-likeness (QED) is 0.608. The van der Waals surface area contributed by atoms with Crippen molar-refractivity contribution in [2.24, 2.45) is 0 Å². The molecule has 0 N–H and O–H groups in total. The van der Waals surface area contributed by atoms with Crippen LogP contribution in [0.5, 0.6) is 0 Å². The molecule has 0 saturated heterocycles. The minimum Gasteiger partial charge on any atom is -0.192 e. The van der Waals surface area contributed by atoms with Crippen molar-refractivity contribution in [2.75, 3.05) is 0 Å². The van der Waals surface area contributed by atoms with Crippen LogP contribution in [0.1, 0.15) is 16.7 Å². The van der Waals surface area contributed by atoms with Gasteiger partial charge in [0.2, 0.25) is 0 Å². The Balaban J connectivity index is 3.26. The maximum atomic E-state index is 12.1. The first-order valence-corrected chi connectivity index (χ1v) is 3.38. The number of rotatable bonds is 0. The molecule has 1 aromatic rings. The SMILES string of the molecule is [CH2]c1cc(C#N)cc(C(F)(F)F)c1. The van der Waals surface area contributed by atoms with Gasteiger partial charge in [-0.2, -0.15) is 18.4 Å². The molecule has 0 unspecified atom stereocenters. The van der Waals surface area contributed by atoms with E-state index < -0.39 is 11.7 Å². The van der Waals surface area contributed by atoms with Gasteiger partial charge in [0.05, 0.1) is 17.2 Å². The second-order valence-electron chi connectivity index (χ2n) is 2.53. The van der Waals surface area contributed by atoms with Crippen molar-refractivity contribution in [3.05, 3.63) is 41.8 Å². The van der Waals surface area contributed by atoms with Crippen molar-refractivity contribution < 1.29 is 13.2 Å². The van der Waals surface area contributed by atoms with Crippen molar-refractivity contribution in [3.63, 3.8) is 0 Å². The van der Waals surface area contributed by atoms with Gasteiger partial charge in [0.1, 0.15) is 0 Å². The normalized spacial score (nSPS) is 11.0. The van der Waals surface area contributed by atoms with E-state index in [0.717, 1.165) is 12.1 Å². The fourth-order valence-corrected chi connectivity index (χ4v) is 0.920. The van der Waals surface area contributed by atoms with Crippen molar-refractivity contribution in [3.8, 4) is 6.07 Å². The molecule has 0 saturated carbocycles. The van der Waals surface area contributed by atoms with Crippen LogP contribution in [-0.4, -0.2) is 0 Å². The zero-order valence-electron chi connectivity index (χ0n) is 6.52. The first-order chi connectivity index (χ1) is 5.93. The summed E-state index contributed by atoms with van der Waals surface area (Å²) in [4.78, 5) is 0. The number of hydrogen-bond donors (Lipinski definition) is 0. The van der Waals surface area contributed by atoms with Crippen molar-refractivity contribution in [2.45, 2.75) is 6.18 Å². The highest BCUT2D eigenvalue weighted by molar-refractivity contribution is 5.39. The Kier molecular flexibility index (Phi) is 2.28. The average molecular weight is 184 g/mol. The van der Waals surface area contributed by atoms with Gasteiger partial charge in [-0.25, -0.2) is 0 Å². The Morgan fingerprint density at radius 3 is 2.31 bits per heavy atom. The summed E-state index contributed by atoms with van der Waals surface area (Å²) in [6.07, 6.45) is -4.42. The highest BCUT2D eigenvalue weighted by Crippen LogP contribution is 2.30. The average Bonchev–Trinajstić information content (AvgIpc) is 2.01. The lowest BCUT2D eigenvalue weighted by Crippen LogP contribution is -2.05. The van der Waals surface area contributed by atoms with Crippen LogP contribution in [0.15, 0.2) is 18.2 Å². The maximum Gasteiger partial charge on any atom is 0.416 e. The lowest BCUT2D eigenvalue weighted by atomic mass is 10.1. The Labute approximate surface area is 73.4 Å². The lowest BCUT2D eigenvalue weighted by molar-refractivity contribution is -0.137. The smallest absolute Gasteiger partial charge is 0.192 e. The second-order valence-corrected chi connectivity index (χ2v) is 2.53. The molecule has 0 aliphatic carbocycles. The third kappa shape index (κ3) is 2.22. The molecule has 0 spiro atoms. The van der Waals surface area contributed by atoms with Crippen LogP contribution in [0.3, 0.4) is 0 Å². The van der Waals surface area contributed by atoms with Gasteiger partial charge in [-0.1, -0.05) is 0 Å². The number of nitrogens with zero attached hydrogens (tertiary/aromatic N) is 1. The number of alkyl halides is 3. The van der Waals surface area contributed by atoms with Gasteiger partial charge >= 0.3 is 6.18 Å². The highest BCUT2D eigenvalue weighted by atomic mass is 19.4. The van der Waals surface area contributed by atoms with Crippen LogP contribution in [-0.2, 0) is 6.18 Å². The lowest BCUT2D eigenvalue weighted by Gasteiger charge is -2.07. The molecule has 0 bridgehead atoms. The first kappa shape index (κ1) is 9.59. The van der Waals surface area contributed by atoms with Crippen molar-refractivity contribution >= 4 is 0 Å². The summed E-state index contributed by atoms with van der Waals surface area (Å²) in [5.41, 5.74) is -0.678. The summed E-state index contributed by atoms with van der Waals surface area (Å²) < 4.78 is 36.4. The number of nitriles is 1. The molecular formula is C9H5F3N. The fraction of sp³-hybridized carbons (Fsp3) is 0.111. The number of hydrogen-bond acceptors (Lipinski definition) is 1. The third-order valence-electron chi connectivity index (χ3n) is 1.45. The molecular weight excluding hydrogens is 179 g/mol. The van der Waals surface area contributed by atoms with E-state index in [2.05, 4.69) is 6.92 Å².